The Hall–Kier alpha value is -3.02. The molecule has 1 saturated heterocycles. The Labute approximate surface area is 168 Å². The van der Waals surface area contributed by atoms with Crippen LogP contribution in [0.2, 0.25) is 0 Å². The van der Waals surface area contributed by atoms with Crippen LogP contribution in [0.25, 0.3) is 0 Å². The third kappa shape index (κ3) is 4.53. The molecule has 0 aliphatic carbocycles. The zero-order valence-electron chi connectivity index (χ0n) is 15.9. The van der Waals surface area contributed by atoms with E-state index in [1.165, 1.54) is 0 Å². The van der Waals surface area contributed by atoms with Gasteiger partial charge in [-0.25, -0.2) is 0 Å². The van der Waals surface area contributed by atoms with E-state index in [0.29, 0.717) is 43.8 Å². The van der Waals surface area contributed by atoms with Crippen LogP contribution in [-0.4, -0.2) is 61.0 Å². The summed E-state index contributed by atoms with van der Waals surface area (Å²) in [5.74, 6) is 0.379. The molecule has 2 aliphatic rings. The van der Waals surface area contributed by atoms with Gasteiger partial charge in [-0.1, -0.05) is 18.1 Å². The molecule has 1 unspecified atom stereocenters. The second kappa shape index (κ2) is 9.45. The Morgan fingerprint density at radius 2 is 1.90 bits per heavy atom. The molecular formula is C21H22N2O6. The number of nitrogens with zero attached hydrogens (tertiary/aromatic N) is 1. The van der Waals surface area contributed by atoms with E-state index in [0.717, 1.165) is 10.5 Å². The van der Waals surface area contributed by atoms with E-state index in [-0.39, 0.29) is 19.4 Å². The maximum Gasteiger partial charge on any atom is 0.262 e. The number of carbonyl (C=O) groups excluding carboxylic acids is 4. The molecule has 2 aliphatic heterocycles. The van der Waals surface area contributed by atoms with Crippen LogP contribution in [0.15, 0.2) is 18.2 Å². The van der Waals surface area contributed by atoms with Gasteiger partial charge in [0.05, 0.1) is 24.3 Å². The molecule has 29 heavy (non-hydrogen) atoms. The molecule has 1 N–H and O–H groups in total. The maximum atomic E-state index is 13.0. The summed E-state index contributed by atoms with van der Waals surface area (Å²) < 4.78 is 10.6. The number of piperidine rings is 1. The summed E-state index contributed by atoms with van der Waals surface area (Å²) in [6.07, 6.45) is 6.53. The number of hydrogen-bond donors (Lipinski definition) is 1. The van der Waals surface area contributed by atoms with E-state index in [9.17, 15) is 19.2 Å². The summed E-state index contributed by atoms with van der Waals surface area (Å²) >= 11 is 0. The van der Waals surface area contributed by atoms with Crippen LogP contribution in [0.5, 0.6) is 0 Å². The lowest BCUT2D eigenvalue weighted by atomic mass is 9.99. The van der Waals surface area contributed by atoms with Crippen LogP contribution in [0.3, 0.4) is 0 Å². The molecule has 4 amide bonds. The van der Waals surface area contributed by atoms with Crippen LogP contribution in [0.1, 0.15) is 45.5 Å². The lowest BCUT2D eigenvalue weighted by Gasteiger charge is -2.27. The van der Waals surface area contributed by atoms with Crippen molar-refractivity contribution in [3.05, 3.63) is 34.9 Å². The van der Waals surface area contributed by atoms with Gasteiger partial charge in [0.2, 0.25) is 11.8 Å². The monoisotopic (exact) mass is 398 g/mol. The zero-order valence-corrected chi connectivity index (χ0v) is 15.9. The Balaban J connectivity index is 1.62. The van der Waals surface area contributed by atoms with Gasteiger partial charge in [-0.3, -0.25) is 29.4 Å². The van der Waals surface area contributed by atoms with Gasteiger partial charge < -0.3 is 9.47 Å². The van der Waals surface area contributed by atoms with E-state index in [2.05, 4.69) is 11.2 Å². The Bertz CT molecular complexity index is 872. The maximum absolute atomic E-state index is 13.0. The van der Waals surface area contributed by atoms with Gasteiger partial charge in [-0.15, -0.1) is 6.42 Å². The number of ether oxygens (including phenoxy) is 2. The summed E-state index contributed by atoms with van der Waals surface area (Å²) in [6.45, 7) is 1.57. The highest BCUT2D eigenvalue weighted by molar-refractivity contribution is 6.24. The van der Waals surface area contributed by atoms with E-state index < -0.39 is 29.7 Å². The molecule has 1 atom stereocenters. The van der Waals surface area contributed by atoms with E-state index >= 15 is 0 Å². The smallest absolute Gasteiger partial charge is 0.262 e. The van der Waals surface area contributed by atoms with Gasteiger partial charge in [0.15, 0.2) is 0 Å². The minimum atomic E-state index is -0.959. The summed E-state index contributed by atoms with van der Waals surface area (Å²) in [6, 6.07) is 4.15. The zero-order chi connectivity index (χ0) is 20.8. The predicted octanol–water partition coefficient (Wildman–Crippen LogP) is 0.687. The molecule has 1 aromatic carbocycles. The first-order valence-corrected chi connectivity index (χ1v) is 9.47. The second-order valence-corrected chi connectivity index (χ2v) is 6.76. The molecule has 3 rings (SSSR count). The van der Waals surface area contributed by atoms with Crippen molar-refractivity contribution in [1.82, 2.24) is 10.2 Å². The molecule has 1 aromatic rings. The van der Waals surface area contributed by atoms with Crippen LogP contribution >= 0.6 is 0 Å². The normalized spacial score (nSPS) is 18.6. The van der Waals surface area contributed by atoms with Crippen LogP contribution in [0, 0.1) is 12.3 Å². The highest BCUT2D eigenvalue weighted by Crippen LogP contribution is 2.30. The quantitative estimate of drug-likeness (QED) is 0.373. The number of hydrogen-bond acceptors (Lipinski definition) is 6. The third-order valence-electron chi connectivity index (χ3n) is 4.85. The molecule has 8 nitrogen and oxygen atoms in total. The van der Waals surface area contributed by atoms with Crippen molar-refractivity contribution in [2.24, 2.45) is 0 Å². The molecule has 0 aromatic heterocycles. The molecule has 8 heteroatoms. The highest BCUT2D eigenvalue weighted by Gasteiger charge is 2.45. The minimum absolute atomic E-state index is 0.0963. The fourth-order valence-electron chi connectivity index (χ4n) is 3.51. The van der Waals surface area contributed by atoms with Gasteiger partial charge in [0.1, 0.15) is 12.6 Å². The van der Waals surface area contributed by atoms with E-state index in [4.69, 9.17) is 15.9 Å². The average Bonchev–Trinajstić information content (AvgIpc) is 2.95. The molecule has 0 bridgehead atoms. The largest absolute Gasteiger partial charge is 0.379 e. The molecule has 2 heterocycles. The van der Waals surface area contributed by atoms with Gasteiger partial charge >= 0.3 is 0 Å². The van der Waals surface area contributed by atoms with E-state index in [1.807, 2.05) is 0 Å². The number of nitrogens with one attached hydrogen (secondary N) is 1. The molecule has 0 spiro atoms. The number of fused-ring (bicyclic) bond motifs is 1. The SMILES string of the molecule is C#CCOCCOCCCc1cccc2c1C(=O)N(C1CCC(=O)NC1=O)C2=O. The van der Waals surface area contributed by atoms with Crippen molar-refractivity contribution in [3.8, 4) is 12.3 Å². The number of terminal acetylenes is 1. The van der Waals surface area contributed by atoms with Crippen molar-refractivity contribution in [2.75, 3.05) is 26.4 Å². The number of aryl methyl sites for hydroxylation is 1. The molecule has 0 radical (unpaired) electrons. The van der Waals surface area contributed by atoms with Crippen LogP contribution < -0.4 is 5.32 Å². The third-order valence-corrected chi connectivity index (χ3v) is 4.85. The number of carbonyl (C=O) groups is 4. The summed E-state index contributed by atoms with van der Waals surface area (Å²) in [5, 5.41) is 2.19. The van der Waals surface area contributed by atoms with Crippen LogP contribution in [0.4, 0.5) is 0 Å². The highest BCUT2D eigenvalue weighted by atomic mass is 16.5. The first-order valence-electron chi connectivity index (χ1n) is 9.47. The van der Waals surface area contributed by atoms with Crippen molar-refractivity contribution in [1.29, 1.82) is 0 Å². The standard InChI is InChI=1S/C21H22N2O6/c1-2-10-28-12-13-29-11-4-6-14-5-3-7-15-18(14)21(27)23(20(15)26)16-8-9-17(24)22-19(16)25/h1,3,5,7,16H,4,6,8-13H2,(H,22,24,25). The van der Waals surface area contributed by atoms with Crippen molar-refractivity contribution in [2.45, 2.75) is 31.7 Å². The lowest BCUT2D eigenvalue weighted by molar-refractivity contribution is -0.136. The number of benzene rings is 1. The second-order valence-electron chi connectivity index (χ2n) is 6.76. The molecule has 0 saturated carbocycles. The predicted molar refractivity (Wildman–Crippen MR) is 102 cm³/mol. The van der Waals surface area contributed by atoms with Crippen LogP contribution in [-0.2, 0) is 25.5 Å². The fourth-order valence-corrected chi connectivity index (χ4v) is 3.51. The van der Waals surface area contributed by atoms with Crippen molar-refractivity contribution < 1.29 is 28.7 Å². The Kier molecular flexibility index (Phi) is 6.75. The van der Waals surface area contributed by atoms with Gasteiger partial charge in [-0.2, -0.15) is 0 Å². The number of amides is 4. The fraction of sp³-hybridized carbons (Fsp3) is 0.429. The number of rotatable bonds is 9. The summed E-state index contributed by atoms with van der Waals surface area (Å²) in [5.41, 5.74) is 1.36. The molecule has 152 valence electrons. The van der Waals surface area contributed by atoms with Gasteiger partial charge in [-0.05, 0) is 30.9 Å². The van der Waals surface area contributed by atoms with Gasteiger partial charge in [0, 0.05) is 13.0 Å². The first kappa shape index (κ1) is 20.7. The lowest BCUT2D eigenvalue weighted by Crippen LogP contribution is -2.54. The van der Waals surface area contributed by atoms with Crippen molar-refractivity contribution in [3.63, 3.8) is 0 Å². The Morgan fingerprint density at radius 3 is 2.66 bits per heavy atom. The summed E-state index contributed by atoms with van der Waals surface area (Å²) in [7, 11) is 0. The minimum Gasteiger partial charge on any atom is -0.379 e. The number of imide groups is 2. The molecular weight excluding hydrogens is 376 g/mol. The summed E-state index contributed by atoms with van der Waals surface area (Å²) in [4.78, 5) is 50.2. The average molecular weight is 398 g/mol. The topological polar surface area (TPSA) is 102 Å². The first-order chi connectivity index (χ1) is 14.0. The Morgan fingerprint density at radius 1 is 1.10 bits per heavy atom. The van der Waals surface area contributed by atoms with Gasteiger partial charge in [0.25, 0.3) is 11.8 Å². The van der Waals surface area contributed by atoms with Crippen molar-refractivity contribution >= 4 is 23.6 Å². The van der Waals surface area contributed by atoms with E-state index in [1.54, 1.807) is 18.2 Å². The molecule has 1 fully saturated rings.